The molecule has 2 aliphatic heterocycles. The molecule has 2 aromatic rings. The number of benzene rings is 2. The van der Waals surface area contributed by atoms with Crippen molar-refractivity contribution in [3.8, 4) is 5.75 Å². The number of sulfone groups is 1. The van der Waals surface area contributed by atoms with Gasteiger partial charge in [0.25, 0.3) is 0 Å². The lowest BCUT2D eigenvalue weighted by atomic mass is 10.0. The summed E-state index contributed by atoms with van der Waals surface area (Å²) in [6, 6.07) is 18.0. The Bertz CT molecular complexity index is 869. The summed E-state index contributed by atoms with van der Waals surface area (Å²) in [5.74, 6) is 0.818. The highest BCUT2D eigenvalue weighted by molar-refractivity contribution is 7.93. The minimum absolute atomic E-state index is 0.198. The Hall–Kier alpha value is -2.07. The minimum atomic E-state index is -2.93. The van der Waals surface area contributed by atoms with Gasteiger partial charge in [0.1, 0.15) is 12.4 Å². The molecular formula is C20H20O3S. The summed E-state index contributed by atoms with van der Waals surface area (Å²) in [5, 5.41) is -0.489. The third-order valence-corrected chi connectivity index (χ3v) is 7.49. The number of hydrogen-bond donors (Lipinski definition) is 0. The number of ether oxygens (including phenoxy) is 1. The van der Waals surface area contributed by atoms with Crippen molar-refractivity contribution in [2.75, 3.05) is 0 Å². The zero-order chi connectivity index (χ0) is 16.6. The highest BCUT2D eigenvalue weighted by atomic mass is 32.2. The van der Waals surface area contributed by atoms with Crippen LogP contribution >= 0.6 is 0 Å². The summed E-state index contributed by atoms with van der Waals surface area (Å²) in [6.45, 7) is 0.531. The number of rotatable bonds is 4. The standard InChI is InChI=1S/C20H20O3S/c21-24(22)19-9-10-20(24)13-17(12-19)16-7-4-8-18(11-16)23-14-15-5-2-1-3-6-15/h1-8,11-12,19-20H,9-10,13-14H2. The van der Waals surface area contributed by atoms with Crippen LogP contribution in [-0.2, 0) is 16.4 Å². The van der Waals surface area contributed by atoms with E-state index in [0.29, 0.717) is 13.0 Å². The van der Waals surface area contributed by atoms with E-state index in [4.69, 9.17) is 4.74 Å². The first kappa shape index (κ1) is 15.5. The molecule has 0 amide bonds. The SMILES string of the molecule is O=S1(=O)C2C=C(c3cccc(OCc4ccccc4)c3)CC1CC2. The van der Waals surface area contributed by atoms with E-state index in [1.807, 2.05) is 60.7 Å². The lowest BCUT2D eigenvalue weighted by Crippen LogP contribution is -2.26. The molecule has 0 radical (unpaired) electrons. The predicted octanol–water partition coefficient (Wildman–Crippen LogP) is 4.00. The molecule has 0 N–H and O–H groups in total. The molecule has 4 heteroatoms. The smallest absolute Gasteiger partial charge is 0.159 e. The van der Waals surface area contributed by atoms with E-state index in [9.17, 15) is 8.42 Å². The Morgan fingerprint density at radius 2 is 1.83 bits per heavy atom. The zero-order valence-electron chi connectivity index (χ0n) is 13.4. The van der Waals surface area contributed by atoms with Crippen LogP contribution in [-0.4, -0.2) is 18.9 Å². The molecule has 2 unspecified atom stereocenters. The molecule has 2 aromatic carbocycles. The Morgan fingerprint density at radius 3 is 2.62 bits per heavy atom. The normalized spacial score (nSPS) is 24.4. The molecular weight excluding hydrogens is 320 g/mol. The summed E-state index contributed by atoms with van der Waals surface area (Å²) in [7, 11) is -2.93. The predicted molar refractivity (Wildman–Crippen MR) is 95.5 cm³/mol. The lowest BCUT2D eigenvalue weighted by Gasteiger charge is -2.21. The molecule has 0 aliphatic carbocycles. The second-order valence-electron chi connectivity index (χ2n) is 6.52. The summed E-state index contributed by atoms with van der Waals surface area (Å²) < 4.78 is 30.3. The van der Waals surface area contributed by atoms with Crippen LogP contribution in [0.1, 0.15) is 30.4 Å². The van der Waals surface area contributed by atoms with Gasteiger partial charge in [0.15, 0.2) is 9.84 Å². The topological polar surface area (TPSA) is 43.4 Å². The maximum atomic E-state index is 12.2. The molecule has 0 aromatic heterocycles. The molecule has 1 fully saturated rings. The second-order valence-corrected chi connectivity index (χ2v) is 8.98. The Balaban J connectivity index is 1.53. The molecule has 3 nitrogen and oxygen atoms in total. The first-order valence-corrected chi connectivity index (χ1v) is 9.94. The van der Waals surface area contributed by atoms with Crippen LogP contribution in [0.4, 0.5) is 0 Å². The van der Waals surface area contributed by atoms with E-state index in [1.165, 1.54) is 0 Å². The van der Waals surface area contributed by atoms with Gasteiger partial charge in [-0.25, -0.2) is 8.42 Å². The molecule has 124 valence electrons. The maximum absolute atomic E-state index is 12.2. The van der Waals surface area contributed by atoms with Crippen molar-refractivity contribution in [1.82, 2.24) is 0 Å². The molecule has 2 atom stereocenters. The number of hydrogen-bond acceptors (Lipinski definition) is 3. The molecule has 2 aliphatic rings. The van der Waals surface area contributed by atoms with Crippen LogP contribution in [0.3, 0.4) is 0 Å². The van der Waals surface area contributed by atoms with Gasteiger partial charge in [0.05, 0.1) is 10.5 Å². The maximum Gasteiger partial charge on any atom is 0.159 e. The first-order chi connectivity index (χ1) is 11.6. The van der Waals surface area contributed by atoms with Crippen LogP contribution in [0, 0.1) is 0 Å². The molecule has 24 heavy (non-hydrogen) atoms. The summed E-state index contributed by atoms with van der Waals surface area (Å²) in [4.78, 5) is 0. The second kappa shape index (κ2) is 6.10. The Kier molecular flexibility index (Phi) is 3.93. The first-order valence-electron chi connectivity index (χ1n) is 8.33. The Labute approximate surface area is 142 Å². The van der Waals surface area contributed by atoms with E-state index in [1.54, 1.807) is 0 Å². The average Bonchev–Trinajstić information content (AvgIpc) is 2.79. The van der Waals surface area contributed by atoms with Gasteiger partial charge in [-0.2, -0.15) is 0 Å². The van der Waals surface area contributed by atoms with E-state index in [-0.39, 0.29) is 10.5 Å². The van der Waals surface area contributed by atoms with Crippen LogP contribution in [0.5, 0.6) is 5.75 Å². The molecule has 0 saturated carbocycles. The van der Waals surface area contributed by atoms with Gasteiger partial charge in [-0.1, -0.05) is 48.5 Å². The van der Waals surface area contributed by atoms with Gasteiger partial charge >= 0.3 is 0 Å². The lowest BCUT2D eigenvalue weighted by molar-refractivity contribution is 0.306. The van der Waals surface area contributed by atoms with Crippen molar-refractivity contribution in [2.45, 2.75) is 36.4 Å². The van der Waals surface area contributed by atoms with E-state index >= 15 is 0 Å². The molecule has 0 spiro atoms. The summed E-state index contributed by atoms with van der Waals surface area (Å²) in [6.07, 6.45) is 4.13. The minimum Gasteiger partial charge on any atom is -0.489 e. The highest BCUT2D eigenvalue weighted by Gasteiger charge is 2.43. The molecule has 2 heterocycles. The summed E-state index contributed by atoms with van der Waals surface area (Å²) >= 11 is 0. The van der Waals surface area contributed by atoms with Gasteiger partial charge in [-0.15, -0.1) is 0 Å². The fraction of sp³-hybridized carbons (Fsp3) is 0.300. The van der Waals surface area contributed by atoms with Crippen molar-refractivity contribution in [1.29, 1.82) is 0 Å². The van der Waals surface area contributed by atoms with Gasteiger partial charge in [-0.3, -0.25) is 0 Å². The van der Waals surface area contributed by atoms with Crippen molar-refractivity contribution in [2.24, 2.45) is 0 Å². The molecule has 4 rings (SSSR count). The third-order valence-electron chi connectivity index (χ3n) is 4.95. The van der Waals surface area contributed by atoms with Crippen molar-refractivity contribution >= 4 is 15.4 Å². The van der Waals surface area contributed by atoms with Crippen molar-refractivity contribution in [3.63, 3.8) is 0 Å². The number of allylic oxidation sites excluding steroid dienone is 1. The van der Waals surface area contributed by atoms with Crippen molar-refractivity contribution < 1.29 is 13.2 Å². The van der Waals surface area contributed by atoms with Crippen molar-refractivity contribution in [3.05, 3.63) is 71.8 Å². The third kappa shape index (κ3) is 2.86. The van der Waals surface area contributed by atoms with Gasteiger partial charge < -0.3 is 4.74 Å². The monoisotopic (exact) mass is 340 g/mol. The fourth-order valence-corrected chi connectivity index (χ4v) is 5.79. The van der Waals surface area contributed by atoms with E-state index in [2.05, 4.69) is 0 Å². The average molecular weight is 340 g/mol. The van der Waals surface area contributed by atoms with Crippen LogP contribution in [0.2, 0.25) is 0 Å². The van der Waals surface area contributed by atoms with Crippen LogP contribution in [0.25, 0.3) is 5.57 Å². The van der Waals surface area contributed by atoms with Crippen LogP contribution < -0.4 is 4.74 Å². The number of fused-ring (bicyclic) bond motifs is 2. The molecule has 2 bridgehead atoms. The van der Waals surface area contributed by atoms with Gasteiger partial charge in [0, 0.05) is 0 Å². The zero-order valence-corrected chi connectivity index (χ0v) is 14.2. The van der Waals surface area contributed by atoms with E-state index in [0.717, 1.165) is 35.3 Å². The summed E-state index contributed by atoms with van der Waals surface area (Å²) in [5.41, 5.74) is 3.35. The van der Waals surface area contributed by atoms with Gasteiger partial charge in [0.2, 0.25) is 0 Å². The fourth-order valence-electron chi connectivity index (χ4n) is 3.60. The highest BCUT2D eigenvalue weighted by Crippen LogP contribution is 2.41. The molecule has 1 saturated heterocycles. The quantitative estimate of drug-likeness (QED) is 0.845. The van der Waals surface area contributed by atoms with Crippen LogP contribution in [0.15, 0.2) is 60.7 Å². The largest absolute Gasteiger partial charge is 0.489 e. The Morgan fingerprint density at radius 1 is 1.00 bits per heavy atom. The van der Waals surface area contributed by atoms with E-state index < -0.39 is 9.84 Å². The van der Waals surface area contributed by atoms with Gasteiger partial charge in [-0.05, 0) is 48.1 Å².